The summed E-state index contributed by atoms with van der Waals surface area (Å²) in [4.78, 5) is 25.6. The first-order chi connectivity index (χ1) is 7.75. The molecule has 0 aromatic rings. The molecule has 3 heteroatoms. The van der Waals surface area contributed by atoms with E-state index in [1.54, 1.807) is 0 Å². The third kappa shape index (κ3) is 2.00. The number of amides is 2. The second kappa shape index (κ2) is 4.98. The van der Waals surface area contributed by atoms with Gasteiger partial charge in [-0.2, -0.15) is 0 Å². The van der Waals surface area contributed by atoms with E-state index in [4.69, 9.17) is 0 Å². The zero-order valence-corrected chi connectivity index (χ0v) is 9.78. The van der Waals surface area contributed by atoms with Gasteiger partial charge in [-0.1, -0.05) is 32.6 Å². The topological polar surface area (TPSA) is 37.4 Å². The first kappa shape index (κ1) is 11.6. The summed E-state index contributed by atoms with van der Waals surface area (Å²) < 4.78 is 0. The van der Waals surface area contributed by atoms with E-state index in [1.807, 2.05) is 0 Å². The number of unbranched alkanes of at least 4 members (excludes halogenated alkanes) is 2. The minimum Gasteiger partial charge on any atom is -0.282 e. The maximum absolute atomic E-state index is 12.0. The summed E-state index contributed by atoms with van der Waals surface area (Å²) in [6, 6.07) is 0. The van der Waals surface area contributed by atoms with E-state index < -0.39 is 0 Å². The Bertz CT molecular complexity index is 264. The molecule has 16 heavy (non-hydrogen) atoms. The van der Waals surface area contributed by atoms with Gasteiger partial charge in [0.15, 0.2) is 0 Å². The van der Waals surface area contributed by atoms with Crippen molar-refractivity contribution in [2.24, 2.45) is 11.8 Å². The van der Waals surface area contributed by atoms with Crippen LogP contribution in [0.4, 0.5) is 0 Å². The molecule has 1 radical (unpaired) electrons. The molecule has 1 aliphatic carbocycles. The highest BCUT2D eigenvalue weighted by molar-refractivity contribution is 6.05. The van der Waals surface area contributed by atoms with Gasteiger partial charge in [0.05, 0.1) is 11.8 Å². The molecule has 1 saturated carbocycles. The van der Waals surface area contributed by atoms with Crippen LogP contribution >= 0.6 is 0 Å². The highest BCUT2D eigenvalue weighted by Gasteiger charge is 2.47. The zero-order chi connectivity index (χ0) is 11.5. The molecule has 1 saturated heterocycles. The molecule has 2 unspecified atom stereocenters. The number of rotatable bonds is 4. The van der Waals surface area contributed by atoms with Crippen molar-refractivity contribution in [3.05, 3.63) is 6.92 Å². The van der Waals surface area contributed by atoms with Crippen molar-refractivity contribution >= 4 is 11.8 Å². The van der Waals surface area contributed by atoms with Gasteiger partial charge < -0.3 is 0 Å². The summed E-state index contributed by atoms with van der Waals surface area (Å²) in [7, 11) is 0. The number of fused-ring (bicyclic) bond motifs is 1. The van der Waals surface area contributed by atoms with Crippen LogP contribution in [0.3, 0.4) is 0 Å². The van der Waals surface area contributed by atoms with E-state index in [9.17, 15) is 9.59 Å². The van der Waals surface area contributed by atoms with Gasteiger partial charge in [-0.3, -0.25) is 14.5 Å². The fourth-order valence-corrected chi connectivity index (χ4v) is 2.90. The predicted octanol–water partition coefficient (Wildman–Crippen LogP) is 2.17. The van der Waals surface area contributed by atoms with Crippen LogP contribution in [0.15, 0.2) is 0 Å². The number of likely N-dealkylation sites (tertiary alicyclic amines) is 1. The van der Waals surface area contributed by atoms with Gasteiger partial charge in [-0.25, -0.2) is 0 Å². The molecule has 2 fully saturated rings. The highest BCUT2D eigenvalue weighted by Crippen LogP contribution is 2.37. The molecule has 2 rings (SSSR count). The smallest absolute Gasteiger partial charge is 0.233 e. The highest BCUT2D eigenvalue weighted by atomic mass is 16.2. The van der Waals surface area contributed by atoms with Crippen molar-refractivity contribution in [1.29, 1.82) is 0 Å². The summed E-state index contributed by atoms with van der Waals surface area (Å²) >= 11 is 0. The van der Waals surface area contributed by atoms with Crippen molar-refractivity contribution < 1.29 is 9.59 Å². The Hall–Kier alpha value is -0.860. The number of carbonyl (C=O) groups excluding carboxylic acids is 2. The Kier molecular flexibility index (Phi) is 3.62. The number of hydrogen-bond acceptors (Lipinski definition) is 2. The fourth-order valence-electron chi connectivity index (χ4n) is 2.90. The normalized spacial score (nSPS) is 29.7. The van der Waals surface area contributed by atoms with Gasteiger partial charge in [0, 0.05) is 6.54 Å². The second-order valence-electron chi connectivity index (χ2n) is 4.89. The average Bonchev–Trinajstić information content (AvgIpc) is 2.55. The van der Waals surface area contributed by atoms with Crippen LogP contribution in [0.2, 0.25) is 0 Å². The van der Waals surface area contributed by atoms with E-state index in [0.29, 0.717) is 6.54 Å². The lowest BCUT2D eigenvalue weighted by Crippen LogP contribution is -2.32. The minimum atomic E-state index is 0.0148. The molecule has 1 aliphatic heterocycles. The summed E-state index contributed by atoms with van der Waals surface area (Å²) in [6.45, 7) is 4.38. The summed E-state index contributed by atoms with van der Waals surface area (Å²) in [6.07, 6.45) is 6.82. The largest absolute Gasteiger partial charge is 0.282 e. The van der Waals surface area contributed by atoms with Gasteiger partial charge in [0.2, 0.25) is 11.8 Å². The van der Waals surface area contributed by atoms with Gasteiger partial charge in [-0.05, 0) is 19.3 Å². The quantitative estimate of drug-likeness (QED) is 0.540. The van der Waals surface area contributed by atoms with E-state index in [1.165, 1.54) is 4.90 Å². The maximum Gasteiger partial charge on any atom is 0.233 e. The minimum absolute atomic E-state index is 0.0148. The predicted molar refractivity (Wildman–Crippen MR) is 61.4 cm³/mol. The van der Waals surface area contributed by atoms with Crippen molar-refractivity contribution in [2.45, 2.75) is 44.9 Å². The van der Waals surface area contributed by atoms with Crippen LogP contribution in [0.5, 0.6) is 0 Å². The Morgan fingerprint density at radius 2 is 1.62 bits per heavy atom. The van der Waals surface area contributed by atoms with Gasteiger partial charge in [0.25, 0.3) is 0 Å². The van der Waals surface area contributed by atoms with Crippen LogP contribution < -0.4 is 0 Å². The number of hydrogen-bond donors (Lipinski definition) is 0. The molecule has 89 valence electrons. The molecular weight excluding hydrogens is 202 g/mol. The van der Waals surface area contributed by atoms with Gasteiger partial charge in [-0.15, -0.1) is 0 Å². The molecule has 0 spiro atoms. The Balaban J connectivity index is 1.98. The van der Waals surface area contributed by atoms with Gasteiger partial charge in [0.1, 0.15) is 0 Å². The first-order valence-corrected chi connectivity index (χ1v) is 6.40. The molecule has 0 bridgehead atoms. The Morgan fingerprint density at radius 3 is 2.12 bits per heavy atom. The van der Waals surface area contributed by atoms with Crippen LogP contribution in [-0.4, -0.2) is 23.3 Å². The van der Waals surface area contributed by atoms with Crippen LogP contribution in [0.1, 0.15) is 44.9 Å². The number of nitrogens with zero attached hydrogens (tertiary/aromatic N) is 1. The molecule has 0 N–H and O–H groups in total. The SMILES string of the molecule is [CH2]CCCCN1C(=O)C2CCCCC2C1=O. The zero-order valence-electron chi connectivity index (χ0n) is 9.78. The molecule has 0 aromatic heterocycles. The van der Waals surface area contributed by atoms with E-state index >= 15 is 0 Å². The monoisotopic (exact) mass is 222 g/mol. The van der Waals surface area contributed by atoms with Crippen LogP contribution in [0.25, 0.3) is 0 Å². The third-order valence-electron chi connectivity index (χ3n) is 3.81. The van der Waals surface area contributed by atoms with Crippen molar-refractivity contribution in [3.8, 4) is 0 Å². The van der Waals surface area contributed by atoms with Crippen molar-refractivity contribution in [3.63, 3.8) is 0 Å². The molecular formula is C13H20NO2. The standard InChI is InChI=1S/C13H20NO2/c1-2-3-6-9-14-12(15)10-7-4-5-8-11(10)13(14)16/h10-11H,1-9H2. The second-order valence-corrected chi connectivity index (χ2v) is 4.89. The first-order valence-electron chi connectivity index (χ1n) is 6.40. The van der Waals surface area contributed by atoms with E-state index in [0.717, 1.165) is 44.9 Å². The average molecular weight is 222 g/mol. The summed E-state index contributed by atoms with van der Waals surface area (Å²) in [5, 5.41) is 0. The van der Waals surface area contributed by atoms with E-state index in [2.05, 4.69) is 6.92 Å². The van der Waals surface area contributed by atoms with Crippen molar-refractivity contribution in [1.82, 2.24) is 4.90 Å². The Labute approximate surface area is 97.2 Å². The molecule has 2 atom stereocenters. The lowest BCUT2D eigenvalue weighted by molar-refractivity contribution is -0.139. The summed E-state index contributed by atoms with van der Waals surface area (Å²) in [5.41, 5.74) is 0. The van der Waals surface area contributed by atoms with Crippen LogP contribution in [-0.2, 0) is 9.59 Å². The Morgan fingerprint density at radius 1 is 1.06 bits per heavy atom. The van der Waals surface area contributed by atoms with E-state index in [-0.39, 0.29) is 23.7 Å². The molecule has 3 nitrogen and oxygen atoms in total. The fraction of sp³-hybridized carbons (Fsp3) is 0.769. The molecule has 2 aliphatic rings. The third-order valence-corrected chi connectivity index (χ3v) is 3.81. The maximum atomic E-state index is 12.0. The lowest BCUT2D eigenvalue weighted by Gasteiger charge is -2.19. The lowest BCUT2D eigenvalue weighted by atomic mass is 9.81. The van der Waals surface area contributed by atoms with Crippen LogP contribution in [0, 0.1) is 18.8 Å². The molecule has 1 heterocycles. The number of carbonyl (C=O) groups is 2. The molecule has 2 amide bonds. The molecule has 0 aromatic carbocycles. The van der Waals surface area contributed by atoms with Gasteiger partial charge >= 0.3 is 0 Å². The van der Waals surface area contributed by atoms with Crippen molar-refractivity contribution in [2.75, 3.05) is 6.54 Å². The number of imide groups is 1. The summed E-state index contributed by atoms with van der Waals surface area (Å²) in [5.74, 6) is 0.222.